The van der Waals surface area contributed by atoms with E-state index in [0.29, 0.717) is 18.9 Å². The summed E-state index contributed by atoms with van der Waals surface area (Å²) in [6.07, 6.45) is 5.18. The first-order chi connectivity index (χ1) is 17.3. The predicted octanol–water partition coefficient (Wildman–Crippen LogP) is 3.68. The van der Waals surface area contributed by atoms with Gasteiger partial charge in [0.1, 0.15) is 5.82 Å². The Balaban J connectivity index is 1.37. The zero-order valence-electron chi connectivity index (χ0n) is 19.4. The molecule has 1 atom stereocenters. The number of hydrogen-bond donors (Lipinski definition) is 3. The zero-order chi connectivity index (χ0) is 23.6. The molecule has 0 saturated carbocycles. The molecule has 3 aromatic heterocycles. The van der Waals surface area contributed by atoms with Crippen LogP contribution in [0.4, 0.5) is 0 Å². The predicted molar refractivity (Wildman–Crippen MR) is 133 cm³/mol. The van der Waals surface area contributed by atoms with Crippen LogP contribution >= 0.6 is 0 Å². The van der Waals surface area contributed by atoms with Crippen molar-refractivity contribution in [3.8, 4) is 11.4 Å². The van der Waals surface area contributed by atoms with Crippen molar-refractivity contribution in [2.75, 3.05) is 0 Å². The van der Waals surface area contributed by atoms with Crippen LogP contribution in [-0.2, 0) is 26.1 Å². The summed E-state index contributed by atoms with van der Waals surface area (Å²) < 4.78 is 0. The molecule has 0 spiro atoms. The normalized spacial score (nSPS) is 15.5. The third kappa shape index (κ3) is 4.31. The van der Waals surface area contributed by atoms with E-state index in [4.69, 9.17) is 15.7 Å². The lowest BCUT2D eigenvalue weighted by molar-refractivity contribution is 0.153. The second-order valence-electron chi connectivity index (χ2n) is 8.98. The third-order valence-corrected chi connectivity index (χ3v) is 6.80. The minimum Gasteiger partial charge on any atom is -0.341 e. The largest absolute Gasteiger partial charge is 0.341 e. The summed E-state index contributed by atoms with van der Waals surface area (Å²) >= 11 is 0. The molecule has 2 aromatic carbocycles. The quantitative estimate of drug-likeness (QED) is 0.335. The Morgan fingerprint density at radius 3 is 2.83 bits per heavy atom. The molecule has 176 valence electrons. The van der Waals surface area contributed by atoms with E-state index >= 15 is 0 Å². The van der Waals surface area contributed by atoms with Crippen molar-refractivity contribution < 1.29 is 0 Å². The van der Waals surface area contributed by atoms with Crippen molar-refractivity contribution in [1.82, 2.24) is 40.5 Å². The molecule has 1 aliphatic carbocycles. The molecule has 1 unspecified atom stereocenters. The molecule has 35 heavy (non-hydrogen) atoms. The van der Waals surface area contributed by atoms with E-state index in [2.05, 4.69) is 54.8 Å². The highest BCUT2D eigenvalue weighted by Crippen LogP contribution is 2.35. The highest BCUT2D eigenvalue weighted by Gasteiger charge is 2.28. The van der Waals surface area contributed by atoms with Crippen LogP contribution in [0.1, 0.15) is 47.1 Å². The maximum atomic E-state index is 6.19. The number of tetrazole rings is 1. The van der Waals surface area contributed by atoms with Crippen molar-refractivity contribution in [2.24, 2.45) is 5.73 Å². The molecule has 0 bridgehead atoms. The highest BCUT2D eigenvalue weighted by atomic mass is 15.5. The molecule has 0 amide bonds. The summed E-state index contributed by atoms with van der Waals surface area (Å²) in [5.74, 6) is 1.52. The Hall–Kier alpha value is -3.95. The van der Waals surface area contributed by atoms with E-state index in [0.717, 1.165) is 53.8 Å². The number of benzene rings is 2. The molecule has 0 radical (unpaired) electrons. The summed E-state index contributed by atoms with van der Waals surface area (Å²) in [5, 5.41) is 14.4. The lowest BCUT2D eigenvalue weighted by atomic mass is 9.90. The van der Waals surface area contributed by atoms with Gasteiger partial charge in [0.05, 0.1) is 29.3 Å². The van der Waals surface area contributed by atoms with Gasteiger partial charge in [-0.2, -0.15) is 5.21 Å². The molecule has 0 fully saturated rings. The van der Waals surface area contributed by atoms with Crippen LogP contribution in [0.25, 0.3) is 22.4 Å². The summed E-state index contributed by atoms with van der Waals surface area (Å²) in [4.78, 5) is 15.7. The van der Waals surface area contributed by atoms with E-state index in [1.807, 2.05) is 36.5 Å². The van der Waals surface area contributed by atoms with E-state index in [1.165, 1.54) is 16.8 Å². The smallest absolute Gasteiger partial charge is 0.204 e. The number of pyridine rings is 1. The van der Waals surface area contributed by atoms with Gasteiger partial charge in [0.25, 0.3) is 0 Å². The molecule has 1 aliphatic rings. The average Bonchev–Trinajstić information content (AvgIpc) is 3.58. The van der Waals surface area contributed by atoms with E-state index in [-0.39, 0.29) is 6.04 Å². The number of aromatic nitrogens is 7. The lowest BCUT2D eigenvalue weighted by Gasteiger charge is -2.35. The number of nitrogens with one attached hydrogen (secondary N) is 2. The van der Waals surface area contributed by atoms with E-state index in [9.17, 15) is 0 Å². The van der Waals surface area contributed by atoms with E-state index in [1.54, 1.807) is 0 Å². The van der Waals surface area contributed by atoms with Crippen molar-refractivity contribution in [1.29, 1.82) is 0 Å². The zero-order valence-corrected chi connectivity index (χ0v) is 19.4. The van der Waals surface area contributed by atoms with Gasteiger partial charge in [0.2, 0.25) is 5.82 Å². The third-order valence-electron chi connectivity index (χ3n) is 6.80. The van der Waals surface area contributed by atoms with Gasteiger partial charge in [-0.15, -0.1) is 10.2 Å². The van der Waals surface area contributed by atoms with Crippen LogP contribution in [0.5, 0.6) is 0 Å². The van der Waals surface area contributed by atoms with Crippen molar-refractivity contribution in [3.63, 3.8) is 0 Å². The van der Waals surface area contributed by atoms with Crippen LogP contribution in [0, 0.1) is 0 Å². The molecule has 5 aromatic rings. The van der Waals surface area contributed by atoms with Crippen molar-refractivity contribution >= 4 is 11.0 Å². The highest BCUT2D eigenvalue weighted by molar-refractivity contribution is 5.74. The number of H-pyrrole nitrogens is 2. The monoisotopic (exact) mass is 465 g/mol. The average molecular weight is 466 g/mol. The maximum Gasteiger partial charge on any atom is 0.204 e. The Morgan fingerprint density at radius 2 is 1.97 bits per heavy atom. The van der Waals surface area contributed by atoms with Gasteiger partial charge in [-0.05, 0) is 65.4 Å². The lowest BCUT2D eigenvalue weighted by Crippen LogP contribution is -2.32. The van der Waals surface area contributed by atoms with Gasteiger partial charge in [-0.3, -0.25) is 9.88 Å². The van der Waals surface area contributed by atoms with Crippen LogP contribution < -0.4 is 5.73 Å². The Labute approximate surface area is 202 Å². The summed E-state index contributed by atoms with van der Waals surface area (Å²) in [6, 6.07) is 18.8. The number of nitrogens with two attached hydrogens (primary N) is 1. The van der Waals surface area contributed by atoms with Crippen LogP contribution in [0.15, 0.2) is 60.8 Å². The number of para-hydroxylation sites is 2. The summed E-state index contributed by atoms with van der Waals surface area (Å²) in [5.41, 5.74) is 13.9. The van der Waals surface area contributed by atoms with E-state index < -0.39 is 0 Å². The minimum atomic E-state index is 0.204. The Kier molecular flexibility index (Phi) is 5.77. The molecule has 0 saturated heterocycles. The fourth-order valence-corrected chi connectivity index (χ4v) is 5.10. The number of nitrogens with zero attached hydrogens (tertiary/aromatic N) is 6. The number of aryl methyl sites for hydroxylation is 1. The van der Waals surface area contributed by atoms with Gasteiger partial charge in [-0.1, -0.05) is 30.3 Å². The molecule has 6 rings (SSSR count). The second kappa shape index (κ2) is 9.36. The van der Waals surface area contributed by atoms with Gasteiger partial charge in [0.15, 0.2) is 0 Å². The number of hydrogen-bond acceptors (Lipinski definition) is 7. The molecular weight excluding hydrogens is 438 g/mol. The topological polar surface area (TPSA) is 125 Å². The van der Waals surface area contributed by atoms with Crippen LogP contribution in [0.2, 0.25) is 0 Å². The van der Waals surface area contributed by atoms with Gasteiger partial charge < -0.3 is 10.7 Å². The Morgan fingerprint density at radius 1 is 1.03 bits per heavy atom. The fraction of sp³-hybridized carbons (Fsp3) is 0.269. The van der Waals surface area contributed by atoms with Crippen LogP contribution in [0.3, 0.4) is 0 Å². The van der Waals surface area contributed by atoms with Gasteiger partial charge >= 0.3 is 0 Å². The SMILES string of the molecule is NCc1cc(-c2nn[nH]n2)ccc1CN(Cc1nc2ccccc2[nH]1)C1CCCc2cccnc21. The standard InChI is InChI=1S/C26H27N9/c27-14-20-13-18(26-31-33-34-32-26)10-11-19(20)15-35(16-24-29-21-7-1-2-8-22(21)30-24)23-9-3-5-17-6-4-12-28-25(17)23/h1-2,4,6-8,10-13,23H,3,5,9,14-16,27H2,(H,29,30)(H,31,32,33,34). The van der Waals surface area contributed by atoms with Gasteiger partial charge in [-0.25, -0.2) is 4.98 Å². The molecule has 0 aliphatic heterocycles. The number of rotatable bonds is 7. The first-order valence-electron chi connectivity index (χ1n) is 12.0. The van der Waals surface area contributed by atoms with Crippen molar-refractivity contribution in [2.45, 2.75) is 44.9 Å². The minimum absolute atomic E-state index is 0.204. The number of aromatic amines is 2. The van der Waals surface area contributed by atoms with Crippen molar-refractivity contribution in [3.05, 3.63) is 89.0 Å². The molecule has 9 heteroatoms. The van der Waals surface area contributed by atoms with Gasteiger partial charge in [0, 0.05) is 24.8 Å². The second-order valence-corrected chi connectivity index (χ2v) is 8.98. The molecule has 4 N–H and O–H groups in total. The number of imidazole rings is 1. The summed E-state index contributed by atoms with van der Waals surface area (Å²) in [6.45, 7) is 1.85. The molecule has 3 heterocycles. The first-order valence-corrected chi connectivity index (χ1v) is 12.0. The fourth-order valence-electron chi connectivity index (χ4n) is 5.10. The number of fused-ring (bicyclic) bond motifs is 2. The van der Waals surface area contributed by atoms with Crippen LogP contribution in [-0.4, -0.2) is 40.5 Å². The Bertz CT molecular complexity index is 1410. The molecular formula is C26H27N9. The summed E-state index contributed by atoms with van der Waals surface area (Å²) in [7, 11) is 0. The molecule has 9 nitrogen and oxygen atoms in total. The maximum absolute atomic E-state index is 6.19. The first kappa shape index (κ1) is 21.6.